The van der Waals surface area contributed by atoms with E-state index in [2.05, 4.69) is 140 Å². The van der Waals surface area contributed by atoms with E-state index in [4.69, 9.17) is 15.0 Å². The predicted molar refractivity (Wildman–Crippen MR) is 210 cm³/mol. The van der Waals surface area contributed by atoms with E-state index < -0.39 is 0 Å². The van der Waals surface area contributed by atoms with Crippen molar-refractivity contribution >= 4 is 43.6 Å². The summed E-state index contributed by atoms with van der Waals surface area (Å²) in [6.45, 7) is 9.60. The van der Waals surface area contributed by atoms with Crippen molar-refractivity contribution in [1.29, 1.82) is 0 Å². The number of aromatic nitrogens is 5. The molecule has 3 heterocycles. The van der Waals surface area contributed by atoms with Crippen LogP contribution in [0.4, 0.5) is 0 Å². The molecule has 0 N–H and O–H groups in total. The highest BCUT2D eigenvalue weighted by Gasteiger charge is 2.44. The molecule has 1 aliphatic rings. The van der Waals surface area contributed by atoms with Gasteiger partial charge in [0.05, 0.1) is 27.8 Å². The highest BCUT2D eigenvalue weighted by atomic mass is 15.2. The van der Waals surface area contributed by atoms with Crippen LogP contribution < -0.4 is 0 Å². The molecule has 0 aliphatic heterocycles. The first-order valence-corrected chi connectivity index (χ1v) is 17.8. The van der Waals surface area contributed by atoms with E-state index in [-0.39, 0.29) is 10.8 Å². The molecule has 0 saturated carbocycles. The van der Waals surface area contributed by atoms with Crippen LogP contribution in [0.15, 0.2) is 140 Å². The molecule has 0 radical (unpaired) electrons. The van der Waals surface area contributed by atoms with Crippen molar-refractivity contribution in [3.05, 3.63) is 151 Å². The average Bonchev–Trinajstić information content (AvgIpc) is 3.74. The van der Waals surface area contributed by atoms with Crippen molar-refractivity contribution in [3.8, 4) is 34.4 Å². The summed E-state index contributed by atoms with van der Waals surface area (Å²) in [5.41, 5.74) is 10.5. The molecule has 51 heavy (non-hydrogen) atoms. The van der Waals surface area contributed by atoms with E-state index in [1.165, 1.54) is 33.1 Å². The minimum atomic E-state index is -0.00287. The van der Waals surface area contributed by atoms with Gasteiger partial charge in [-0.05, 0) is 46.6 Å². The van der Waals surface area contributed by atoms with Gasteiger partial charge in [0, 0.05) is 32.7 Å². The first-order valence-electron chi connectivity index (χ1n) is 17.8. The lowest BCUT2D eigenvalue weighted by Crippen LogP contribution is -2.18. The van der Waals surface area contributed by atoms with E-state index >= 15 is 0 Å². The van der Waals surface area contributed by atoms with E-state index in [0.29, 0.717) is 17.6 Å². The highest BCUT2D eigenvalue weighted by molar-refractivity contribution is 6.23. The normalized spacial score (nSPS) is 14.9. The molecule has 10 rings (SSSR count). The second-order valence-electron chi connectivity index (χ2n) is 15.2. The Hall–Kier alpha value is -6.07. The van der Waals surface area contributed by atoms with E-state index in [1.54, 1.807) is 0 Å². The number of para-hydroxylation sites is 2. The summed E-state index contributed by atoms with van der Waals surface area (Å²) in [7, 11) is 0. The molecule has 5 heteroatoms. The summed E-state index contributed by atoms with van der Waals surface area (Å²) >= 11 is 0. The molecule has 9 aromatic rings. The zero-order chi connectivity index (χ0) is 34.5. The summed E-state index contributed by atoms with van der Waals surface area (Å²) in [5.74, 6) is 1.88. The van der Waals surface area contributed by atoms with E-state index in [9.17, 15) is 0 Å². The van der Waals surface area contributed by atoms with Crippen molar-refractivity contribution < 1.29 is 0 Å². The maximum absolute atomic E-state index is 5.27. The molecular formula is C46H37N5. The summed E-state index contributed by atoms with van der Waals surface area (Å²) in [6, 6.07) is 49.4. The summed E-state index contributed by atoms with van der Waals surface area (Å²) in [4.78, 5) is 15.6. The van der Waals surface area contributed by atoms with Crippen LogP contribution in [-0.2, 0) is 10.8 Å². The highest BCUT2D eigenvalue weighted by Crippen LogP contribution is 2.52. The summed E-state index contributed by atoms with van der Waals surface area (Å²) < 4.78 is 4.81. The molecule has 0 saturated heterocycles. The van der Waals surface area contributed by atoms with Gasteiger partial charge in [0.15, 0.2) is 11.6 Å². The predicted octanol–water partition coefficient (Wildman–Crippen LogP) is 11.4. The number of benzene rings is 6. The molecule has 3 aromatic heterocycles. The third-order valence-corrected chi connectivity index (χ3v) is 10.9. The lowest BCUT2D eigenvalue weighted by atomic mass is 9.81. The van der Waals surface area contributed by atoms with Gasteiger partial charge < -0.3 is 4.57 Å². The Balaban J connectivity index is 1.40. The fourth-order valence-electron chi connectivity index (χ4n) is 9.15. The van der Waals surface area contributed by atoms with Crippen molar-refractivity contribution in [2.24, 2.45) is 0 Å². The van der Waals surface area contributed by atoms with Crippen LogP contribution in [0.2, 0.25) is 0 Å². The number of hydrogen-bond donors (Lipinski definition) is 0. The van der Waals surface area contributed by atoms with Crippen LogP contribution in [0.1, 0.15) is 45.2 Å². The van der Waals surface area contributed by atoms with Crippen molar-refractivity contribution in [3.63, 3.8) is 0 Å². The Morgan fingerprint density at radius 1 is 0.451 bits per heavy atom. The maximum atomic E-state index is 5.27. The zero-order valence-corrected chi connectivity index (χ0v) is 29.2. The fourth-order valence-corrected chi connectivity index (χ4v) is 9.15. The molecule has 0 fully saturated rings. The van der Waals surface area contributed by atoms with Crippen LogP contribution in [0.3, 0.4) is 0 Å². The van der Waals surface area contributed by atoms with Gasteiger partial charge in [0.2, 0.25) is 5.95 Å². The van der Waals surface area contributed by atoms with Gasteiger partial charge in [-0.2, -0.15) is 9.97 Å². The number of nitrogens with zero attached hydrogens (tertiary/aromatic N) is 5. The molecule has 0 unspecified atom stereocenters. The standard InChI is InChI=1S/C46H37N5/c1-45(2)28-46(3,4)39-35(45)22-15-25-38(39)50-36-23-13-11-20-31(36)33-26-27-34-32-21-12-14-24-37(32)51(41(34)40(33)50)44-48-42(29-16-7-5-8-17-29)47-43(49-44)30-18-9-6-10-19-30/h5-27H,28H2,1-4H3. The van der Waals surface area contributed by atoms with Crippen LogP contribution >= 0.6 is 0 Å². The van der Waals surface area contributed by atoms with Crippen LogP contribution in [0.25, 0.3) is 78.0 Å². The summed E-state index contributed by atoms with van der Waals surface area (Å²) in [5, 5.41) is 4.76. The van der Waals surface area contributed by atoms with Crippen LogP contribution in [-0.4, -0.2) is 24.1 Å². The van der Waals surface area contributed by atoms with E-state index in [0.717, 1.165) is 44.9 Å². The minimum Gasteiger partial charge on any atom is -0.307 e. The molecule has 246 valence electrons. The SMILES string of the molecule is CC1(C)CC(C)(C)c2c(-n3c4ccccc4c4ccc5c6ccccc6n(-c6nc(-c7ccccc7)nc(-c7ccccc7)n6)c5c43)cccc21. The third kappa shape index (κ3) is 4.37. The van der Waals surface area contributed by atoms with Crippen LogP contribution in [0, 0.1) is 0 Å². The largest absolute Gasteiger partial charge is 0.307 e. The number of rotatable bonds is 4. The zero-order valence-electron chi connectivity index (χ0n) is 29.2. The van der Waals surface area contributed by atoms with Crippen LogP contribution in [0.5, 0.6) is 0 Å². The molecular weight excluding hydrogens is 623 g/mol. The van der Waals surface area contributed by atoms with Gasteiger partial charge in [-0.1, -0.05) is 149 Å². The smallest absolute Gasteiger partial charge is 0.238 e. The average molecular weight is 660 g/mol. The molecule has 1 aliphatic carbocycles. The molecule has 0 bridgehead atoms. The quantitative estimate of drug-likeness (QED) is 0.189. The lowest BCUT2D eigenvalue weighted by molar-refractivity contribution is 0.403. The van der Waals surface area contributed by atoms with Gasteiger partial charge in [0.1, 0.15) is 0 Å². The molecule has 0 spiro atoms. The second kappa shape index (κ2) is 10.7. The Bertz CT molecular complexity index is 2760. The first-order chi connectivity index (χ1) is 24.8. The van der Waals surface area contributed by atoms with Crippen molar-refractivity contribution in [2.75, 3.05) is 0 Å². The Morgan fingerprint density at radius 2 is 0.961 bits per heavy atom. The fraction of sp³-hybridized carbons (Fsp3) is 0.152. The Morgan fingerprint density at radius 3 is 1.55 bits per heavy atom. The topological polar surface area (TPSA) is 48.5 Å². The lowest BCUT2D eigenvalue weighted by Gasteiger charge is -2.24. The second-order valence-corrected chi connectivity index (χ2v) is 15.2. The molecule has 5 nitrogen and oxygen atoms in total. The molecule has 6 aromatic carbocycles. The van der Waals surface area contributed by atoms with Crippen molar-refractivity contribution in [2.45, 2.75) is 44.9 Å². The van der Waals surface area contributed by atoms with Gasteiger partial charge >= 0.3 is 0 Å². The molecule has 0 amide bonds. The molecule has 0 atom stereocenters. The number of fused-ring (bicyclic) bond motifs is 8. The van der Waals surface area contributed by atoms with Gasteiger partial charge in [-0.3, -0.25) is 4.57 Å². The van der Waals surface area contributed by atoms with E-state index in [1.807, 2.05) is 36.4 Å². The van der Waals surface area contributed by atoms with Gasteiger partial charge in [-0.15, -0.1) is 0 Å². The Kier molecular flexibility index (Phi) is 6.26. The number of hydrogen-bond acceptors (Lipinski definition) is 3. The first kappa shape index (κ1) is 29.8. The monoisotopic (exact) mass is 659 g/mol. The minimum absolute atomic E-state index is 0.00287. The van der Waals surface area contributed by atoms with Gasteiger partial charge in [-0.25, -0.2) is 4.98 Å². The summed E-state index contributed by atoms with van der Waals surface area (Å²) in [6.07, 6.45) is 1.09. The van der Waals surface area contributed by atoms with Gasteiger partial charge in [0.25, 0.3) is 0 Å². The Labute approximate surface area is 296 Å². The third-order valence-electron chi connectivity index (χ3n) is 10.9. The maximum Gasteiger partial charge on any atom is 0.238 e. The van der Waals surface area contributed by atoms with Crippen molar-refractivity contribution in [1.82, 2.24) is 24.1 Å².